The Hall–Kier alpha value is -2.07. The van der Waals surface area contributed by atoms with Crippen molar-refractivity contribution in [3.8, 4) is 6.07 Å². The third-order valence-electron chi connectivity index (χ3n) is 2.51. The quantitative estimate of drug-likeness (QED) is 0.634. The van der Waals surface area contributed by atoms with Gasteiger partial charge in [-0.25, -0.2) is 0 Å². The van der Waals surface area contributed by atoms with Crippen LogP contribution in [0.15, 0.2) is 42.5 Å². The molecule has 0 unspecified atom stereocenters. The largest absolute Gasteiger partial charge is 0.193 e. The molecule has 15 heavy (non-hydrogen) atoms. The zero-order valence-electron chi connectivity index (χ0n) is 8.57. The molecule has 0 aliphatic rings. The van der Waals surface area contributed by atoms with E-state index >= 15 is 0 Å². The third-order valence-corrected chi connectivity index (χ3v) is 2.51. The summed E-state index contributed by atoms with van der Waals surface area (Å²) in [6.45, 7) is 2.06. The Labute approximate surface area is 89.3 Å². The van der Waals surface area contributed by atoms with Gasteiger partial charge in [0.15, 0.2) is 0 Å². The summed E-state index contributed by atoms with van der Waals surface area (Å²) in [5.74, 6) is 0. The van der Waals surface area contributed by atoms with Crippen LogP contribution in [0.2, 0.25) is 0 Å². The fourth-order valence-corrected chi connectivity index (χ4v) is 1.75. The van der Waals surface area contributed by atoms with Crippen molar-refractivity contribution in [2.75, 3.05) is 0 Å². The van der Waals surface area contributed by atoms with Crippen LogP contribution in [0.3, 0.4) is 0 Å². The van der Waals surface area contributed by atoms with E-state index in [0.29, 0.717) is 0 Å². The molecule has 2 aromatic carbocycles. The second-order valence-corrected chi connectivity index (χ2v) is 3.48. The zero-order chi connectivity index (χ0) is 10.7. The van der Waals surface area contributed by atoms with E-state index in [1.165, 1.54) is 22.4 Å². The standard InChI is InChI=1S/C14H11N/c1-11-8-9-12-5-2-3-6-14(12)13(11)7-4-10-15/h2-9H,1H3. The number of allylic oxidation sites excluding steroid dienone is 1. The molecular formula is C14H11N. The Balaban J connectivity index is 2.75. The van der Waals surface area contributed by atoms with Crippen molar-refractivity contribution in [2.24, 2.45) is 0 Å². The van der Waals surface area contributed by atoms with Crippen LogP contribution in [0.4, 0.5) is 0 Å². The minimum Gasteiger partial charge on any atom is -0.193 e. The summed E-state index contributed by atoms with van der Waals surface area (Å²) in [5, 5.41) is 11.0. The number of nitriles is 1. The highest BCUT2D eigenvalue weighted by Gasteiger charge is 2.00. The van der Waals surface area contributed by atoms with Crippen molar-refractivity contribution in [3.05, 3.63) is 53.6 Å². The fraction of sp³-hybridized carbons (Fsp3) is 0.0714. The van der Waals surface area contributed by atoms with Gasteiger partial charge in [-0.3, -0.25) is 0 Å². The van der Waals surface area contributed by atoms with E-state index < -0.39 is 0 Å². The van der Waals surface area contributed by atoms with Crippen LogP contribution in [0.25, 0.3) is 16.8 Å². The van der Waals surface area contributed by atoms with E-state index in [4.69, 9.17) is 5.26 Å². The summed E-state index contributed by atoms with van der Waals surface area (Å²) in [6, 6.07) is 14.4. The van der Waals surface area contributed by atoms with Gasteiger partial charge in [-0.1, -0.05) is 36.4 Å². The van der Waals surface area contributed by atoms with Crippen LogP contribution in [0.5, 0.6) is 0 Å². The van der Waals surface area contributed by atoms with Crippen molar-refractivity contribution in [1.82, 2.24) is 0 Å². The van der Waals surface area contributed by atoms with E-state index in [1.54, 1.807) is 0 Å². The minimum absolute atomic E-state index is 1.13. The normalized spacial score (nSPS) is 10.7. The van der Waals surface area contributed by atoms with Crippen molar-refractivity contribution in [3.63, 3.8) is 0 Å². The molecule has 0 amide bonds. The number of benzene rings is 2. The Morgan fingerprint density at radius 1 is 1.13 bits per heavy atom. The summed E-state index contributed by atoms with van der Waals surface area (Å²) in [4.78, 5) is 0. The molecule has 1 heteroatoms. The van der Waals surface area contributed by atoms with Gasteiger partial charge in [0.25, 0.3) is 0 Å². The van der Waals surface area contributed by atoms with Gasteiger partial charge in [-0.05, 0) is 34.9 Å². The number of rotatable bonds is 1. The maximum Gasteiger partial charge on any atom is 0.0912 e. The first-order valence-corrected chi connectivity index (χ1v) is 4.87. The van der Waals surface area contributed by atoms with E-state index in [9.17, 15) is 0 Å². The Kier molecular flexibility index (Phi) is 2.51. The average molecular weight is 193 g/mol. The van der Waals surface area contributed by atoms with Crippen LogP contribution < -0.4 is 0 Å². The third kappa shape index (κ3) is 1.75. The molecule has 1 nitrogen and oxygen atoms in total. The molecule has 0 fully saturated rings. The smallest absolute Gasteiger partial charge is 0.0912 e. The first-order chi connectivity index (χ1) is 7.33. The predicted octanol–water partition coefficient (Wildman–Crippen LogP) is 3.69. The van der Waals surface area contributed by atoms with Gasteiger partial charge >= 0.3 is 0 Å². The lowest BCUT2D eigenvalue weighted by molar-refractivity contribution is 1.48. The Bertz CT molecular complexity index is 559. The highest BCUT2D eigenvalue weighted by molar-refractivity contribution is 5.92. The fourth-order valence-electron chi connectivity index (χ4n) is 1.75. The summed E-state index contributed by atoms with van der Waals surface area (Å²) in [5.41, 5.74) is 2.33. The summed E-state index contributed by atoms with van der Waals surface area (Å²) >= 11 is 0. The number of nitrogens with zero attached hydrogens (tertiary/aromatic N) is 1. The van der Waals surface area contributed by atoms with Crippen LogP contribution in [0, 0.1) is 18.3 Å². The second-order valence-electron chi connectivity index (χ2n) is 3.48. The SMILES string of the molecule is Cc1ccc2ccccc2c1C=CC#N. The highest BCUT2D eigenvalue weighted by atomic mass is 14.2. The van der Waals surface area contributed by atoms with Crippen molar-refractivity contribution < 1.29 is 0 Å². The molecule has 2 rings (SSSR count). The maximum absolute atomic E-state index is 8.55. The predicted molar refractivity (Wildman–Crippen MR) is 63.3 cm³/mol. The minimum atomic E-state index is 1.13. The van der Waals surface area contributed by atoms with Crippen LogP contribution >= 0.6 is 0 Å². The molecule has 0 radical (unpaired) electrons. The van der Waals surface area contributed by atoms with Crippen molar-refractivity contribution >= 4 is 16.8 Å². The molecule has 72 valence electrons. The van der Waals surface area contributed by atoms with Crippen LogP contribution in [-0.4, -0.2) is 0 Å². The lowest BCUT2D eigenvalue weighted by Gasteiger charge is -2.05. The average Bonchev–Trinajstić information content (AvgIpc) is 2.28. The number of fused-ring (bicyclic) bond motifs is 1. The van der Waals surface area contributed by atoms with E-state index in [1.807, 2.05) is 24.3 Å². The van der Waals surface area contributed by atoms with Gasteiger partial charge in [-0.15, -0.1) is 0 Å². The van der Waals surface area contributed by atoms with E-state index in [0.717, 1.165) is 5.56 Å². The Morgan fingerprint density at radius 2 is 1.93 bits per heavy atom. The molecule has 0 N–H and O–H groups in total. The molecule has 0 aliphatic carbocycles. The van der Waals surface area contributed by atoms with Crippen molar-refractivity contribution in [2.45, 2.75) is 6.92 Å². The first-order valence-electron chi connectivity index (χ1n) is 4.87. The number of hydrogen-bond acceptors (Lipinski definition) is 1. The van der Waals surface area contributed by atoms with Crippen LogP contribution in [0.1, 0.15) is 11.1 Å². The number of aryl methyl sites for hydroxylation is 1. The molecule has 0 aliphatic heterocycles. The summed E-state index contributed by atoms with van der Waals surface area (Å²) < 4.78 is 0. The second kappa shape index (κ2) is 3.98. The maximum atomic E-state index is 8.55. The van der Waals surface area contributed by atoms with Gasteiger partial charge in [0.2, 0.25) is 0 Å². The Morgan fingerprint density at radius 3 is 2.73 bits per heavy atom. The topological polar surface area (TPSA) is 23.8 Å². The zero-order valence-corrected chi connectivity index (χ0v) is 8.57. The molecule has 0 bridgehead atoms. The van der Waals surface area contributed by atoms with Gasteiger partial charge < -0.3 is 0 Å². The lowest BCUT2D eigenvalue weighted by Crippen LogP contribution is -1.83. The van der Waals surface area contributed by atoms with E-state index in [-0.39, 0.29) is 0 Å². The van der Waals surface area contributed by atoms with Crippen molar-refractivity contribution in [1.29, 1.82) is 5.26 Å². The van der Waals surface area contributed by atoms with Gasteiger partial charge in [0.05, 0.1) is 6.07 Å². The molecule has 0 aromatic heterocycles. The monoisotopic (exact) mass is 193 g/mol. The first kappa shape index (κ1) is 9.48. The summed E-state index contributed by atoms with van der Waals surface area (Å²) in [6.07, 6.45) is 3.40. The molecule has 0 saturated heterocycles. The van der Waals surface area contributed by atoms with Crippen LogP contribution in [-0.2, 0) is 0 Å². The molecule has 0 heterocycles. The number of hydrogen-bond donors (Lipinski definition) is 0. The molecule has 0 atom stereocenters. The van der Waals surface area contributed by atoms with E-state index in [2.05, 4.69) is 31.2 Å². The van der Waals surface area contributed by atoms with Gasteiger partial charge in [0.1, 0.15) is 0 Å². The molecule has 0 saturated carbocycles. The molecule has 2 aromatic rings. The molecular weight excluding hydrogens is 182 g/mol. The molecule has 0 spiro atoms. The summed E-state index contributed by atoms with van der Waals surface area (Å²) in [7, 11) is 0. The van der Waals surface area contributed by atoms with Gasteiger partial charge in [0, 0.05) is 6.08 Å². The van der Waals surface area contributed by atoms with Gasteiger partial charge in [-0.2, -0.15) is 5.26 Å². The highest BCUT2D eigenvalue weighted by Crippen LogP contribution is 2.23. The lowest BCUT2D eigenvalue weighted by atomic mass is 9.99.